The Bertz CT molecular complexity index is 405. The zero-order chi connectivity index (χ0) is 17.1. The molecule has 0 aromatic rings. The molecule has 3 atom stereocenters. The van der Waals surface area contributed by atoms with Crippen molar-refractivity contribution in [3.63, 3.8) is 0 Å². The predicted molar refractivity (Wildman–Crippen MR) is 97.3 cm³/mol. The molecule has 1 amide bonds. The van der Waals surface area contributed by atoms with Gasteiger partial charge < -0.3 is 10.6 Å². The number of quaternary nitrogens is 1. The van der Waals surface area contributed by atoms with Crippen molar-refractivity contribution in [3.8, 4) is 0 Å². The number of carbonyl (C=O) groups excluding carboxylic acids is 1. The van der Waals surface area contributed by atoms with E-state index in [1.807, 2.05) is 6.20 Å². The van der Waals surface area contributed by atoms with Gasteiger partial charge in [0, 0.05) is 20.3 Å². The lowest BCUT2D eigenvalue weighted by Crippen LogP contribution is -2.62. The van der Waals surface area contributed by atoms with E-state index < -0.39 is 0 Å². The molecular formula is C19H36N3O+. The highest BCUT2D eigenvalue weighted by Gasteiger charge is 2.41. The highest BCUT2D eigenvalue weighted by Crippen LogP contribution is 2.25. The number of allylic oxidation sites excluding steroid dienone is 2. The fraction of sp³-hybridized carbons (Fsp3) is 0.737. The van der Waals surface area contributed by atoms with E-state index in [4.69, 9.17) is 0 Å². The van der Waals surface area contributed by atoms with E-state index in [0.29, 0.717) is 6.17 Å². The molecule has 1 aliphatic heterocycles. The summed E-state index contributed by atoms with van der Waals surface area (Å²) >= 11 is 0. The second-order valence-electron chi connectivity index (χ2n) is 6.58. The summed E-state index contributed by atoms with van der Waals surface area (Å²) in [6.07, 6.45) is 18.0. The number of unbranched alkanes of at least 4 members (excludes halogenated alkanes) is 4. The van der Waals surface area contributed by atoms with Crippen LogP contribution in [-0.4, -0.2) is 29.3 Å². The van der Waals surface area contributed by atoms with Crippen LogP contribution < -0.4 is 10.6 Å². The molecule has 2 N–H and O–H groups in total. The third kappa shape index (κ3) is 6.02. The van der Waals surface area contributed by atoms with Crippen molar-refractivity contribution in [2.45, 2.75) is 85.0 Å². The minimum atomic E-state index is 0.0366. The summed E-state index contributed by atoms with van der Waals surface area (Å²) < 4.78 is 0.782. The van der Waals surface area contributed by atoms with E-state index in [9.17, 15) is 4.79 Å². The summed E-state index contributed by atoms with van der Waals surface area (Å²) in [5.41, 5.74) is 0. The van der Waals surface area contributed by atoms with Gasteiger partial charge >= 0.3 is 0 Å². The van der Waals surface area contributed by atoms with Crippen LogP contribution in [0, 0.1) is 0 Å². The molecule has 0 spiro atoms. The largest absolute Gasteiger partial charge is 0.338 e. The SMILES string of the molecule is CCCCCC/C=C/CCC1NC=C[N+]1(CC)C(C)NC(C)=O. The predicted octanol–water partition coefficient (Wildman–Crippen LogP) is 4.01. The van der Waals surface area contributed by atoms with Crippen molar-refractivity contribution >= 4 is 5.91 Å². The third-order valence-electron chi connectivity index (χ3n) is 4.90. The standard InChI is InChI=1S/C19H35N3O/c1-5-7-8-9-10-11-12-13-14-19-20-15-16-22(19,6-2)17(3)21-18(4)23/h11-12,15-17,19-20H,5-10,13-14H2,1-4H3/p+1/b12-11+. The van der Waals surface area contributed by atoms with Crippen LogP contribution in [0.4, 0.5) is 0 Å². The van der Waals surface area contributed by atoms with E-state index >= 15 is 0 Å². The summed E-state index contributed by atoms with van der Waals surface area (Å²) in [5.74, 6) is 0.0366. The molecule has 0 saturated carbocycles. The Hall–Kier alpha value is -1.29. The van der Waals surface area contributed by atoms with E-state index in [-0.39, 0.29) is 12.1 Å². The van der Waals surface area contributed by atoms with Crippen molar-refractivity contribution in [1.82, 2.24) is 10.6 Å². The average molecular weight is 323 g/mol. The molecule has 0 aliphatic carbocycles. The Labute approximate surface area is 142 Å². The fourth-order valence-corrected chi connectivity index (χ4v) is 3.45. The maximum atomic E-state index is 11.4. The minimum absolute atomic E-state index is 0.0366. The first-order chi connectivity index (χ1) is 11.1. The zero-order valence-electron chi connectivity index (χ0n) is 15.5. The van der Waals surface area contributed by atoms with E-state index in [2.05, 4.69) is 49.8 Å². The zero-order valence-corrected chi connectivity index (χ0v) is 15.5. The smallest absolute Gasteiger partial charge is 0.221 e. The van der Waals surface area contributed by atoms with Crippen molar-refractivity contribution in [2.24, 2.45) is 0 Å². The lowest BCUT2D eigenvalue weighted by Gasteiger charge is -2.41. The van der Waals surface area contributed by atoms with E-state index in [1.54, 1.807) is 6.92 Å². The molecule has 4 nitrogen and oxygen atoms in total. The molecular weight excluding hydrogens is 286 g/mol. The Morgan fingerprint density at radius 3 is 2.65 bits per heavy atom. The molecule has 0 radical (unpaired) electrons. The molecule has 0 aromatic heterocycles. The van der Waals surface area contributed by atoms with E-state index in [1.165, 1.54) is 32.1 Å². The van der Waals surface area contributed by atoms with Gasteiger partial charge in [-0.3, -0.25) is 9.28 Å². The van der Waals surface area contributed by atoms with E-state index in [0.717, 1.165) is 23.9 Å². The number of hydrogen-bond donors (Lipinski definition) is 2. The quantitative estimate of drug-likeness (QED) is 0.343. The van der Waals surface area contributed by atoms with Crippen LogP contribution in [0.15, 0.2) is 24.6 Å². The number of amides is 1. The number of rotatable bonds is 11. The first kappa shape index (κ1) is 19.8. The Morgan fingerprint density at radius 1 is 1.26 bits per heavy atom. The van der Waals surface area contributed by atoms with Gasteiger partial charge in [0.2, 0.25) is 5.91 Å². The minimum Gasteiger partial charge on any atom is -0.338 e. The monoisotopic (exact) mass is 322 g/mol. The Balaban J connectivity index is 2.42. The van der Waals surface area contributed by atoms with Gasteiger partial charge in [0.25, 0.3) is 0 Å². The van der Waals surface area contributed by atoms with Crippen LogP contribution in [0.5, 0.6) is 0 Å². The molecule has 132 valence electrons. The number of nitrogens with one attached hydrogen (secondary N) is 2. The summed E-state index contributed by atoms with van der Waals surface area (Å²) in [4.78, 5) is 11.4. The summed E-state index contributed by atoms with van der Waals surface area (Å²) in [5, 5.41) is 6.54. The molecule has 0 saturated heterocycles. The lowest BCUT2D eigenvalue weighted by molar-refractivity contribution is -0.923. The fourth-order valence-electron chi connectivity index (χ4n) is 3.45. The van der Waals surface area contributed by atoms with Crippen LogP contribution in [0.25, 0.3) is 0 Å². The first-order valence-corrected chi connectivity index (χ1v) is 9.29. The van der Waals surface area contributed by atoms with Crippen LogP contribution in [-0.2, 0) is 4.79 Å². The van der Waals surface area contributed by atoms with Crippen LogP contribution in [0.1, 0.15) is 72.6 Å². The van der Waals surface area contributed by atoms with Crippen molar-refractivity contribution in [1.29, 1.82) is 0 Å². The van der Waals surface area contributed by atoms with Crippen molar-refractivity contribution in [3.05, 3.63) is 24.6 Å². The molecule has 4 heteroatoms. The number of nitrogens with zero attached hydrogens (tertiary/aromatic N) is 1. The molecule has 0 bridgehead atoms. The molecule has 1 heterocycles. The van der Waals surface area contributed by atoms with Gasteiger partial charge in [-0.05, 0) is 26.2 Å². The van der Waals surface area contributed by atoms with Crippen LogP contribution >= 0.6 is 0 Å². The molecule has 0 fully saturated rings. The molecule has 3 unspecified atom stereocenters. The van der Waals surface area contributed by atoms with Crippen LogP contribution in [0.2, 0.25) is 0 Å². The second kappa shape index (κ2) is 10.5. The molecule has 0 aromatic carbocycles. The average Bonchev–Trinajstić information content (AvgIpc) is 2.93. The normalized spacial score (nSPS) is 24.8. The first-order valence-electron chi connectivity index (χ1n) is 9.29. The van der Waals surface area contributed by atoms with Gasteiger partial charge in [-0.2, -0.15) is 0 Å². The van der Waals surface area contributed by atoms with Gasteiger partial charge in [-0.15, -0.1) is 0 Å². The summed E-state index contributed by atoms with van der Waals surface area (Å²) in [6.45, 7) is 9.09. The maximum Gasteiger partial charge on any atom is 0.221 e. The summed E-state index contributed by atoms with van der Waals surface area (Å²) in [6, 6.07) is 0. The van der Waals surface area contributed by atoms with Gasteiger partial charge in [0.1, 0.15) is 6.20 Å². The molecule has 23 heavy (non-hydrogen) atoms. The molecule has 1 rings (SSSR count). The highest BCUT2D eigenvalue weighted by molar-refractivity contribution is 5.72. The highest BCUT2D eigenvalue weighted by atomic mass is 16.1. The number of carbonyl (C=O) groups is 1. The van der Waals surface area contributed by atoms with Crippen LogP contribution in [0.3, 0.4) is 0 Å². The molecule has 1 aliphatic rings. The number of hydrogen-bond acceptors (Lipinski definition) is 2. The van der Waals surface area contributed by atoms with Crippen molar-refractivity contribution < 1.29 is 9.28 Å². The van der Waals surface area contributed by atoms with Gasteiger partial charge in [-0.25, -0.2) is 0 Å². The Kier molecular flexibility index (Phi) is 9.00. The second-order valence-corrected chi connectivity index (χ2v) is 6.58. The van der Waals surface area contributed by atoms with Gasteiger partial charge in [0.05, 0.1) is 12.7 Å². The topological polar surface area (TPSA) is 41.1 Å². The lowest BCUT2D eigenvalue weighted by atomic mass is 10.1. The van der Waals surface area contributed by atoms with Gasteiger partial charge in [-0.1, -0.05) is 38.3 Å². The summed E-state index contributed by atoms with van der Waals surface area (Å²) in [7, 11) is 0. The Morgan fingerprint density at radius 2 is 2.00 bits per heavy atom. The third-order valence-corrected chi connectivity index (χ3v) is 4.90. The van der Waals surface area contributed by atoms with Gasteiger partial charge in [0.15, 0.2) is 12.3 Å². The maximum absolute atomic E-state index is 11.4. The van der Waals surface area contributed by atoms with Crippen molar-refractivity contribution in [2.75, 3.05) is 6.54 Å².